The van der Waals surface area contributed by atoms with Gasteiger partial charge in [0.05, 0.1) is 27.8 Å². The van der Waals surface area contributed by atoms with Crippen molar-refractivity contribution in [3.8, 4) is 5.75 Å². The number of rotatable bonds is 4. The largest absolute Gasteiger partial charge is 0.478 e. The molecule has 0 aromatic heterocycles. The van der Waals surface area contributed by atoms with E-state index in [1.807, 2.05) is 24.3 Å². The Kier molecular flexibility index (Phi) is 4.54. The summed E-state index contributed by atoms with van der Waals surface area (Å²) in [5, 5.41) is 24.5. The molecule has 3 unspecified atom stereocenters. The highest BCUT2D eigenvalue weighted by Gasteiger charge is 2.43. The molecule has 2 aromatic rings. The van der Waals surface area contributed by atoms with Crippen LogP contribution in [-0.4, -0.2) is 22.0 Å². The predicted molar refractivity (Wildman–Crippen MR) is 104 cm³/mol. The zero-order valence-corrected chi connectivity index (χ0v) is 15.5. The third-order valence-electron chi connectivity index (χ3n) is 5.42. The van der Waals surface area contributed by atoms with Gasteiger partial charge in [0.25, 0.3) is 5.69 Å². The zero-order chi connectivity index (χ0) is 20.7. The molecule has 3 atom stereocenters. The van der Waals surface area contributed by atoms with E-state index in [1.54, 1.807) is 12.1 Å². The number of carbonyl (C=O) groups is 2. The molecular formula is C21H18N2O6. The Hall–Kier alpha value is -3.68. The third-order valence-corrected chi connectivity index (χ3v) is 5.42. The second-order valence-corrected chi connectivity index (χ2v) is 7.12. The lowest BCUT2D eigenvalue weighted by atomic mass is 9.75. The number of allylic oxidation sites excluding steroid dienone is 2. The lowest BCUT2D eigenvalue weighted by Gasteiger charge is -2.37. The van der Waals surface area contributed by atoms with Gasteiger partial charge in [-0.25, -0.2) is 4.79 Å². The number of nitro benzene ring substituents is 1. The van der Waals surface area contributed by atoms with Gasteiger partial charge in [0, 0.05) is 18.9 Å². The molecule has 1 heterocycles. The Morgan fingerprint density at radius 1 is 1.21 bits per heavy atom. The van der Waals surface area contributed by atoms with Crippen LogP contribution in [0.5, 0.6) is 5.75 Å². The minimum Gasteiger partial charge on any atom is -0.478 e. The summed E-state index contributed by atoms with van der Waals surface area (Å²) in [7, 11) is 0. The lowest BCUT2D eigenvalue weighted by Crippen LogP contribution is -2.31. The number of carbonyl (C=O) groups excluding carboxylic acids is 1. The van der Waals surface area contributed by atoms with E-state index in [-0.39, 0.29) is 34.8 Å². The highest BCUT2D eigenvalue weighted by molar-refractivity contribution is 5.97. The quantitative estimate of drug-likeness (QED) is 0.264. The summed E-state index contributed by atoms with van der Waals surface area (Å²) in [5.41, 5.74) is 1.51. The van der Waals surface area contributed by atoms with Crippen LogP contribution in [0.25, 0.3) is 0 Å². The van der Waals surface area contributed by atoms with Crippen LogP contribution in [0.15, 0.2) is 48.6 Å². The number of ether oxygens (including phenoxy) is 1. The van der Waals surface area contributed by atoms with Crippen LogP contribution in [0, 0.1) is 16.0 Å². The number of hydrogen-bond acceptors (Lipinski definition) is 6. The molecule has 4 rings (SSSR count). The molecule has 2 N–H and O–H groups in total. The Bertz CT molecular complexity index is 1040. The Morgan fingerprint density at radius 2 is 1.93 bits per heavy atom. The summed E-state index contributed by atoms with van der Waals surface area (Å²) in [4.78, 5) is 34.0. The lowest BCUT2D eigenvalue weighted by molar-refractivity contribution is -0.385. The van der Waals surface area contributed by atoms with Crippen LogP contribution < -0.4 is 10.1 Å². The minimum absolute atomic E-state index is 0.00446. The normalized spacial score (nSPS) is 21.6. The first kappa shape index (κ1) is 18.7. The van der Waals surface area contributed by atoms with Gasteiger partial charge in [0.2, 0.25) is 0 Å². The number of nitrogens with zero attached hydrogens (tertiary/aromatic N) is 1. The maximum atomic E-state index is 11.8. The average Bonchev–Trinajstić information content (AvgIpc) is 3.16. The zero-order valence-electron chi connectivity index (χ0n) is 15.5. The Labute approximate surface area is 166 Å². The van der Waals surface area contributed by atoms with Gasteiger partial charge < -0.3 is 15.2 Å². The SMILES string of the molecule is CC(=O)Oc1ccc(C2Nc3c(C(=O)O)ccc([N+](=O)[O-])c3C3C=CCC32)cc1. The van der Waals surface area contributed by atoms with Gasteiger partial charge in [-0.3, -0.25) is 14.9 Å². The smallest absolute Gasteiger partial charge is 0.337 e. The summed E-state index contributed by atoms with van der Waals surface area (Å²) in [5.74, 6) is -1.40. The topological polar surface area (TPSA) is 119 Å². The van der Waals surface area contributed by atoms with Crippen molar-refractivity contribution in [2.24, 2.45) is 5.92 Å². The second kappa shape index (κ2) is 7.05. The Balaban J connectivity index is 1.80. The average molecular weight is 394 g/mol. The van der Waals surface area contributed by atoms with Crippen LogP contribution in [0.2, 0.25) is 0 Å². The first-order chi connectivity index (χ1) is 13.9. The van der Waals surface area contributed by atoms with Crippen LogP contribution in [0.1, 0.15) is 46.8 Å². The van der Waals surface area contributed by atoms with E-state index in [9.17, 15) is 24.8 Å². The number of nitrogens with one attached hydrogen (secondary N) is 1. The van der Waals surface area contributed by atoms with Crippen molar-refractivity contribution in [2.45, 2.75) is 25.3 Å². The highest BCUT2D eigenvalue weighted by atomic mass is 16.6. The number of esters is 1. The molecule has 2 aliphatic rings. The molecule has 0 amide bonds. The predicted octanol–water partition coefficient (Wildman–Crippen LogP) is 4.04. The maximum Gasteiger partial charge on any atom is 0.337 e. The van der Waals surface area contributed by atoms with E-state index < -0.39 is 16.9 Å². The van der Waals surface area contributed by atoms with Gasteiger partial charge in [-0.1, -0.05) is 24.3 Å². The fraction of sp³-hybridized carbons (Fsp3) is 0.238. The summed E-state index contributed by atoms with van der Waals surface area (Å²) in [6.07, 6.45) is 4.61. The molecule has 1 aliphatic heterocycles. The van der Waals surface area contributed by atoms with Gasteiger partial charge in [-0.05, 0) is 36.1 Å². The number of anilines is 1. The highest BCUT2D eigenvalue weighted by Crippen LogP contribution is 2.53. The van der Waals surface area contributed by atoms with Crippen LogP contribution >= 0.6 is 0 Å². The number of benzene rings is 2. The van der Waals surface area contributed by atoms with Gasteiger partial charge in [-0.2, -0.15) is 0 Å². The van der Waals surface area contributed by atoms with Crippen molar-refractivity contribution >= 4 is 23.3 Å². The number of aromatic carboxylic acids is 1. The van der Waals surface area contributed by atoms with Gasteiger partial charge in [0.1, 0.15) is 5.75 Å². The van der Waals surface area contributed by atoms with Crippen molar-refractivity contribution in [1.82, 2.24) is 0 Å². The monoisotopic (exact) mass is 394 g/mol. The molecule has 8 nitrogen and oxygen atoms in total. The molecule has 1 aliphatic carbocycles. The van der Waals surface area contributed by atoms with Crippen molar-refractivity contribution in [2.75, 3.05) is 5.32 Å². The Morgan fingerprint density at radius 3 is 2.55 bits per heavy atom. The van der Waals surface area contributed by atoms with Crippen molar-refractivity contribution in [3.05, 3.63) is 75.4 Å². The van der Waals surface area contributed by atoms with Gasteiger partial charge in [0.15, 0.2) is 0 Å². The molecule has 0 saturated carbocycles. The molecular weight excluding hydrogens is 376 g/mol. The molecule has 0 bridgehead atoms. The van der Waals surface area contributed by atoms with Crippen LogP contribution in [0.4, 0.5) is 11.4 Å². The molecule has 0 spiro atoms. The van der Waals surface area contributed by atoms with Gasteiger partial charge >= 0.3 is 11.9 Å². The van der Waals surface area contributed by atoms with Crippen LogP contribution in [0.3, 0.4) is 0 Å². The molecule has 8 heteroatoms. The number of hydrogen-bond donors (Lipinski definition) is 2. The fourth-order valence-electron chi connectivity index (χ4n) is 4.27. The first-order valence-corrected chi connectivity index (χ1v) is 9.13. The van der Waals surface area contributed by atoms with E-state index >= 15 is 0 Å². The maximum absolute atomic E-state index is 11.8. The van der Waals surface area contributed by atoms with E-state index in [0.29, 0.717) is 17.7 Å². The summed E-state index contributed by atoms with van der Waals surface area (Å²) >= 11 is 0. The number of nitro groups is 1. The number of fused-ring (bicyclic) bond motifs is 3. The van der Waals surface area contributed by atoms with Crippen molar-refractivity contribution in [1.29, 1.82) is 0 Å². The van der Waals surface area contributed by atoms with Crippen molar-refractivity contribution in [3.63, 3.8) is 0 Å². The van der Waals surface area contributed by atoms with E-state index in [1.165, 1.54) is 19.1 Å². The summed E-state index contributed by atoms with van der Waals surface area (Å²) in [6, 6.07) is 9.28. The summed E-state index contributed by atoms with van der Waals surface area (Å²) < 4.78 is 5.07. The molecule has 0 saturated heterocycles. The fourth-order valence-corrected chi connectivity index (χ4v) is 4.27. The second-order valence-electron chi connectivity index (χ2n) is 7.12. The molecule has 0 fully saturated rings. The molecule has 29 heavy (non-hydrogen) atoms. The van der Waals surface area contributed by atoms with Crippen molar-refractivity contribution < 1.29 is 24.4 Å². The first-order valence-electron chi connectivity index (χ1n) is 9.13. The number of carboxylic acid groups (broad SMARTS) is 1. The third kappa shape index (κ3) is 3.22. The molecule has 2 aromatic carbocycles. The molecule has 0 radical (unpaired) electrons. The molecule has 148 valence electrons. The van der Waals surface area contributed by atoms with E-state index in [2.05, 4.69) is 5.32 Å². The number of carboxylic acids is 1. The van der Waals surface area contributed by atoms with Gasteiger partial charge in [-0.15, -0.1) is 0 Å². The van der Waals surface area contributed by atoms with Crippen LogP contribution in [-0.2, 0) is 4.79 Å². The standard InChI is InChI=1S/C21H18N2O6/c1-11(24)29-13-7-5-12(6-8-13)19-15-4-2-3-14(15)18-17(23(27)28)10-9-16(21(25)26)20(18)22-19/h2-3,5-10,14-15,19,22H,4H2,1H3,(H,25,26). The van der Waals surface area contributed by atoms with E-state index in [4.69, 9.17) is 4.74 Å². The minimum atomic E-state index is -1.15. The van der Waals surface area contributed by atoms with E-state index in [0.717, 1.165) is 5.56 Å². The summed E-state index contributed by atoms with van der Waals surface area (Å²) in [6.45, 7) is 1.32.